The van der Waals surface area contributed by atoms with Gasteiger partial charge in [-0.3, -0.25) is 9.59 Å². The van der Waals surface area contributed by atoms with E-state index in [0.29, 0.717) is 50.7 Å². The minimum Gasteiger partial charge on any atom is -0.493 e. The number of nitrogens with zero attached hydrogens (tertiary/aromatic N) is 4. The van der Waals surface area contributed by atoms with Crippen molar-refractivity contribution in [3.05, 3.63) is 42.7 Å². The largest absolute Gasteiger partial charge is 0.493 e. The molecule has 3 aromatic rings. The van der Waals surface area contributed by atoms with E-state index in [9.17, 15) is 18.0 Å². The van der Waals surface area contributed by atoms with Crippen LogP contribution >= 0.6 is 0 Å². The summed E-state index contributed by atoms with van der Waals surface area (Å²) in [6.45, 7) is 5.67. The standard InChI is InChI=1S/C35H50N6O6S/c1-5-24(2)32(36-3)34(43)47-27-15-19-40(20-16-27)33(42)25-10-12-26(13-11-25)38-35-37-18-14-31(39-35)41-21-17-28-29(41)8-6-9-30(28)46-22-7-23-48(4,44)45/h6,8-9,14,17-18,21,24-27,32,36H,5,7,10-13,15-16,19-20,22-23H2,1-4H3,(H,37,38,39)/t24?,25-,26-,32-/m0/s1. The Morgan fingerprint density at radius 2 is 1.81 bits per heavy atom. The summed E-state index contributed by atoms with van der Waals surface area (Å²) in [5.41, 5.74) is 0.926. The number of amides is 1. The summed E-state index contributed by atoms with van der Waals surface area (Å²) in [7, 11) is -1.23. The highest BCUT2D eigenvalue weighted by atomic mass is 32.2. The molecule has 2 N–H and O–H groups in total. The zero-order valence-electron chi connectivity index (χ0n) is 28.6. The van der Waals surface area contributed by atoms with Crippen molar-refractivity contribution in [3.8, 4) is 11.6 Å². The van der Waals surface area contributed by atoms with E-state index in [1.807, 2.05) is 52.9 Å². The molecule has 0 bridgehead atoms. The van der Waals surface area contributed by atoms with Gasteiger partial charge in [-0.1, -0.05) is 26.3 Å². The lowest BCUT2D eigenvalue weighted by Crippen LogP contribution is -2.47. The smallest absolute Gasteiger partial charge is 0.323 e. The Morgan fingerprint density at radius 3 is 2.50 bits per heavy atom. The maximum absolute atomic E-state index is 13.4. The molecule has 0 spiro atoms. The summed E-state index contributed by atoms with van der Waals surface area (Å²) in [6.07, 6.45) is 10.8. The lowest BCUT2D eigenvalue weighted by atomic mass is 9.85. The number of benzene rings is 1. The van der Waals surface area contributed by atoms with Crippen LogP contribution in [0.15, 0.2) is 42.7 Å². The summed E-state index contributed by atoms with van der Waals surface area (Å²) in [6, 6.07) is 9.49. The molecular weight excluding hydrogens is 632 g/mol. The van der Waals surface area contributed by atoms with Gasteiger partial charge in [0.05, 0.1) is 17.9 Å². The molecule has 13 heteroatoms. The Morgan fingerprint density at radius 1 is 1.06 bits per heavy atom. The third-order valence-corrected chi connectivity index (χ3v) is 10.8. The van der Waals surface area contributed by atoms with E-state index in [-0.39, 0.29) is 47.7 Å². The van der Waals surface area contributed by atoms with Crippen LogP contribution in [0, 0.1) is 11.8 Å². The molecule has 2 aliphatic rings. The van der Waals surface area contributed by atoms with E-state index >= 15 is 0 Å². The molecule has 1 amide bonds. The van der Waals surface area contributed by atoms with Crippen LogP contribution in [0.5, 0.6) is 5.75 Å². The zero-order valence-corrected chi connectivity index (χ0v) is 29.4. The Bertz CT molecular complexity index is 1650. The van der Waals surface area contributed by atoms with Gasteiger partial charge in [0.2, 0.25) is 11.9 Å². The number of fused-ring (bicyclic) bond motifs is 1. The summed E-state index contributed by atoms with van der Waals surface area (Å²) < 4.78 is 36.6. The minimum absolute atomic E-state index is 0.00232. The van der Waals surface area contributed by atoms with Gasteiger partial charge in [0.25, 0.3) is 0 Å². The first-order valence-corrected chi connectivity index (χ1v) is 19.3. The molecule has 2 aromatic heterocycles. The molecule has 1 aliphatic heterocycles. The lowest BCUT2D eigenvalue weighted by Gasteiger charge is -2.36. The number of anilines is 1. The van der Waals surface area contributed by atoms with E-state index in [0.717, 1.165) is 48.8 Å². The van der Waals surface area contributed by atoms with Crippen LogP contribution in [0.1, 0.15) is 65.2 Å². The van der Waals surface area contributed by atoms with Crippen LogP contribution in [0.2, 0.25) is 0 Å². The fourth-order valence-electron chi connectivity index (χ4n) is 6.75. The summed E-state index contributed by atoms with van der Waals surface area (Å²) >= 11 is 0. The number of likely N-dealkylation sites (tertiary alicyclic amines) is 1. The zero-order chi connectivity index (χ0) is 34.3. The van der Waals surface area contributed by atoms with E-state index in [1.165, 1.54) is 6.26 Å². The summed E-state index contributed by atoms with van der Waals surface area (Å²) in [4.78, 5) is 37.3. The number of esters is 1. The predicted molar refractivity (Wildman–Crippen MR) is 186 cm³/mol. The number of piperidine rings is 1. The molecule has 48 heavy (non-hydrogen) atoms. The van der Waals surface area contributed by atoms with Crippen molar-refractivity contribution in [2.75, 3.05) is 44.1 Å². The molecule has 3 heterocycles. The number of hydrogen-bond donors (Lipinski definition) is 2. The van der Waals surface area contributed by atoms with E-state index in [2.05, 4.69) is 22.5 Å². The molecule has 12 nitrogen and oxygen atoms in total. The van der Waals surface area contributed by atoms with Gasteiger partial charge in [-0.15, -0.1) is 0 Å². The molecular formula is C35H50N6O6S. The van der Waals surface area contributed by atoms with E-state index < -0.39 is 9.84 Å². The van der Waals surface area contributed by atoms with Crippen LogP contribution in [0.25, 0.3) is 16.7 Å². The van der Waals surface area contributed by atoms with Gasteiger partial charge >= 0.3 is 5.97 Å². The first-order valence-electron chi connectivity index (χ1n) is 17.2. The van der Waals surface area contributed by atoms with Crippen molar-refractivity contribution in [2.24, 2.45) is 11.8 Å². The second-order valence-corrected chi connectivity index (χ2v) is 15.5. The molecule has 0 radical (unpaired) electrons. The number of nitrogens with one attached hydrogen (secondary N) is 2. The van der Waals surface area contributed by atoms with Crippen LogP contribution in [0.4, 0.5) is 5.95 Å². The SMILES string of the molecule is CCC(C)[C@H](NC)C(=O)OC1CCN(C(=O)[C@H]2CC[C@H](Nc3nccc(-n4ccc5c(OCCCS(C)(=O)=O)cccc54)n3)CC2)CC1. The number of sulfone groups is 1. The molecule has 1 saturated heterocycles. The van der Waals surface area contributed by atoms with Gasteiger partial charge in [-0.25, -0.2) is 13.4 Å². The molecule has 1 unspecified atom stereocenters. The topological polar surface area (TPSA) is 145 Å². The maximum atomic E-state index is 13.4. The quantitative estimate of drug-likeness (QED) is 0.186. The van der Waals surface area contributed by atoms with Gasteiger partial charge < -0.3 is 29.6 Å². The second kappa shape index (κ2) is 16.1. The van der Waals surface area contributed by atoms with Gasteiger partial charge in [0, 0.05) is 61.9 Å². The molecule has 2 atom stereocenters. The van der Waals surface area contributed by atoms with Gasteiger partial charge in [-0.2, -0.15) is 4.98 Å². The van der Waals surface area contributed by atoms with Crippen LogP contribution in [0.3, 0.4) is 0 Å². The first kappa shape index (κ1) is 35.6. The second-order valence-electron chi connectivity index (χ2n) is 13.3. The number of carbonyl (C=O) groups excluding carboxylic acids is 2. The molecule has 262 valence electrons. The number of rotatable bonds is 14. The lowest BCUT2D eigenvalue weighted by molar-refractivity contribution is -0.156. The Kier molecular flexibility index (Phi) is 12.0. The Labute approximate surface area is 283 Å². The normalized spacial score (nSPS) is 20.3. The Balaban J connectivity index is 1.10. The number of carbonyl (C=O) groups is 2. The molecule has 1 aliphatic carbocycles. The van der Waals surface area contributed by atoms with E-state index in [1.54, 1.807) is 13.2 Å². The van der Waals surface area contributed by atoms with Crippen LogP contribution < -0.4 is 15.4 Å². The molecule has 5 rings (SSSR count). The van der Waals surface area contributed by atoms with Crippen LogP contribution in [-0.2, 0) is 24.2 Å². The fraction of sp³-hybridized carbons (Fsp3) is 0.600. The number of hydrogen-bond acceptors (Lipinski definition) is 10. The Hall–Kier alpha value is -3.71. The molecule has 1 aromatic carbocycles. The first-order chi connectivity index (χ1) is 23.1. The third-order valence-electron chi connectivity index (χ3n) is 9.72. The van der Waals surface area contributed by atoms with Crippen molar-refractivity contribution < 1.29 is 27.5 Å². The average molecular weight is 683 g/mol. The fourth-order valence-corrected chi connectivity index (χ4v) is 7.39. The van der Waals surface area contributed by atoms with Crippen molar-refractivity contribution in [1.82, 2.24) is 24.8 Å². The predicted octanol–water partition coefficient (Wildman–Crippen LogP) is 4.37. The highest BCUT2D eigenvalue weighted by Crippen LogP contribution is 2.31. The molecule has 2 fully saturated rings. The van der Waals surface area contributed by atoms with Crippen LogP contribution in [-0.4, -0.2) is 96.7 Å². The minimum atomic E-state index is -3.02. The molecule has 1 saturated carbocycles. The number of aromatic nitrogens is 3. The monoisotopic (exact) mass is 682 g/mol. The van der Waals surface area contributed by atoms with Gasteiger partial charge in [0.15, 0.2) is 0 Å². The summed E-state index contributed by atoms with van der Waals surface area (Å²) in [5.74, 6) is 2.27. The number of likely N-dealkylation sites (N-methyl/N-ethyl adjacent to an activating group) is 1. The van der Waals surface area contributed by atoms with Gasteiger partial charge in [-0.05, 0) is 69.3 Å². The van der Waals surface area contributed by atoms with Crippen molar-refractivity contribution in [1.29, 1.82) is 0 Å². The summed E-state index contributed by atoms with van der Waals surface area (Å²) in [5, 5.41) is 7.50. The van der Waals surface area contributed by atoms with E-state index in [4.69, 9.17) is 14.5 Å². The highest BCUT2D eigenvalue weighted by Gasteiger charge is 2.34. The average Bonchev–Trinajstić information content (AvgIpc) is 3.52. The highest BCUT2D eigenvalue weighted by molar-refractivity contribution is 7.90. The maximum Gasteiger partial charge on any atom is 0.323 e. The third kappa shape index (κ3) is 9.04. The number of ether oxygens (including phenoxy) is 2. The van der Waals surface area contributed by atoms with Crippen molar-refractivity contribution in [3.63, 3.8) is 0 Å². The van der Waals surface area contributed by atoms with Crippen molar-refractivity contribution >= 4 is 38.6 Å². The van der Waals surface area contributed by atoms with Gasteiger partial charge in [0.1, 0.15) is 33.6 Å². The van der Waals surface area contributed by atoms with Crippen molar-refractivity contribution in [2.45, 2.75) is 83.4 Å².